The number of methoxy groups -OCH3 is 1. The van der Waals surface area contributed by atoms with E-state index in [0.29, 0.717) is 43.3 Å². The molecule has 2 heterocycles. The van der Waals surface area contributed by atoms with E-state index in [4.69, 9.17) is 4.74 Å². The molecule has 4 rings (SSSR count). The Kier molecular flexibility index (Phi) is 7.20. The fourth-order valence-electron chi connectivity index (χ4n) is 4.32. The van der Waals surface area contributed by atoms with Crippen LogP contribution in [0, 0.1) is 5.92 Å². The van der Waals surface area contributed by atoms with E-state index in [1.165, 1.54) is 10.4 Å². The minimum Gasteiger partial charge on any atom is -0.497 e. The zero-order valence-corrected chi connectivity index (χ0v) is 20.3. The van der Waals surface area contributed by atoms with Crippen molar-refractivity contribution in [3.8, 4) is 5.75 Å². The summed E-state index contributed by atoms with van der Waals surface area (Å²) in [5.74, 6) is -0.366. The molecule has 0 aromatic heterocycles. The van der Waals surface area contributed by atoms with Gasteiger partial charge in [0.2, 0.25) is 21.8 Å². The van der Waals surface area contributed by atoms with Crippen LogP contribution in [-0.4, -0.2) is 75.8 Å². The Hall–Kier alpha value is -2.95. The van der Waals surface area contributed by atoms with E-state index in [0.717, 1.165) is 6.54 Å². The summed E-state index contributed by atoms with van der Waals surface area (Å²) >= 11 is 0. The van der Waals surface area contributed by atoms with E-state index in [-0.39, 0.29) is 29.7 Å². The molecule has 0 aliphatic carbocycles. The van der Waals surface area contributed by atoms with Crippen LogP contribution >= 0.6 is 0 Å². The quantitative estimate of drug-likeness (QED) is 0.643. The monoisotopic (exact) mass is 486 g/mol. The minimum atomic E-state index is -3.65. The number of benzene rings is 2. The Balaban J connectivity index is 1.43. The van der Waals surface area contributed by atoms with E-state index in [1.807, 2.05) is 0 Å². The molecular weight excluding hydrogens is 456 g/mol. The van der Waals surface area contributed by atoms with Crippen molar-refractivity contribution in [2.24, 2.45) is 5.92 Å². The van der Waals surface area contributed by atoms with Crippen molar-refractivity contribution in [2.75, 3.05) is 56.6 Å². The van der Waals surface area contributed by atoms with Crippen molar-refractivity contribution in [1.82, 2.24) is 9.21 Å². The summed E-state index contributed by atoms with van der Waals surface area (Å²) in [7, 11) is -2.09. The smallest absolute Gasteiger partial charge is 0.243 e. The van der Waals surface area contributed by atoms with Gasteiger partial charge in [-0.15, -0.1) is 0 Å². The van der Waals surface area contributed by atoms with Gasteiger partial charge >= 0.3 is 0 Å². The van der Waals surface area contributed by atoms with Crippen molar-refractivity contribution in [1.29, 1.82) is 0 Å². The Morgan fingerprint density at radius 1 is 1.09 bits per heavy atom. The first-order valence-corrected chi connectivity index (χ1v) is 12.8. The van der Waals surface area contributed by atoms with Crippen LogP contribution in [0.4, 0.5) is 11.4 Å². The number of likely N-dealkylation sites (N-methyl/N-ethyl adjacent to an activating group) is 1. The Bertz CT molecular complexity index is 1160. The van der Waals surface area contributed by atoms with Gasteiger partial charge in [-0.25, -0.2) is 8.42 Å². The van der Waals surface area contributed by atoms with Gasteiger partial charge in [0, 0.05) is 56.6 Å². The Morgan fingerprint density at radius 2 is 1.82 bits per heavy atom. The predicted molar refractivity (Wildman–Crippen MR) is 129 cm³/mol. The van der Waals surface area contributed by atoms with Crippen LogP contribution in [0.2, 0.25) is 0 Å². The first-order chi connectivity index (χ1) is 16.3. The lowest BCUT2D eigenvalue weighted by molar-refractivity contribution is -0.122. The lowest BCUT2D eigenvalue weighted by atomic mass is 10.1. The van der Waals surface area contributed by atoms with Crippen molar-refractivity contribution >= 4 is 33.2 Å². The summed E-state index contributed by atoms with van der Waals surface area (Å²) in [5, 5.41) is 2.80. The number of piperazine rings is 1. The number of amides is 2. The molecule has 2 saturated heterocycles. The molecule has 34 heavy (non-hydrogen) atoms. The molecule has 0 bridgehead atoms. The number of nitrogens with one attached hydrogen (secondary N) is 1. The molecule has 182 valence electrons. The largest absolute Gasteiger partial charge is 0.497 e. The average molecular weight is 487 g/mol. The van der Waals surface area contributed by atoms with Crippen molar-refractivity contribution in [3.05, 3.63) is 48.5 Å². The van der Waals surface area contributed by atoms with Gasteiger partial charge in [-0.05, 0) is 36.9 Å². The fraction of sp³-hybridized carbons (Fsp3) is 0.417. The third-order valence-electron chi connectivity index (χ3n) is 6.38. The minimum absolute atomic E-state index is 0.0861. The molecule has 2 aromatic rings. The zero-order valence-electron chi connectivity index (χ0n) is 19.4. The maximum Gasteiger partial charge on any atom is 0.243 e. The molecule has 2 fully saturated rings. The molecule has 0 radical (unpaired) electrons. The molecule has 2 aliphatic rings. The second kappa shape index (κ2) is 10.1. The predicted octanol–water partition coefficient (Wildman–Crippen LogP) is 2.01. The Morgan fingerprint density at radius 3 is 2.53 bits per heavy atom. The molecule has 0 saturated carbocycles. The SMILES string of the molecule is CCN1CCN(S(=O)(=O)c2cccc(NC(=O)[C@@H]3CC(=O)N(c4cccc(OC)c4)C3)c2)CC1. The first kappa shape index (κ1) is 24.2. The van der Waals surface area contributed by atoms with Crippen molar-refractivity contribution < 1.29 is 22.7 Å². The van der Waals surface area contributed by atoms with Gasteiger partial charge in [-0.1, -0.05) is 19.1 Å². The zero-order chi connectivity index (χ0) is 24.3. The van der Waals surface area contributed by atoms with Gasteiger partial charge in [-0.3, -0.25) is 9.59 Å². The summed E-state index contributed by atoms with van der Waals surface area (Å²) < 4.78 is 32.9. The number of hydrogen-bond donors (Lipinski definition) is 1. The highest BCUT2D eigenvalue weighted by atomic mass is 32.2. The van der Waals surface area contributed by atoms with E-state index in [1.54, 1.807) is 54.5 Å². The van der Waals surface area contributed by atoms with E-state index >= 15 is 0 Å². The van der Waals surface area contributed by atoms with Crippen molar-refractivity contribution in [2.45, 2.75) is 18.2 Å². The van der Waals surface area contributed by atoms with Gasteiger partial charge in [0.25, 0.3) is 0 Å². The van der Waals surface area contributed by atoms with Crippen molar-refractivity contribution in [3.63, 3.8) is 0 Å². The molecular formula is C24H30N4O5S. The van der Waals surface area contributed by atoms with Gasteiger partial charge < -0.3 is 19.9 Å². The number of carbonyl (C=O) groups is 2. The van der Waals surface area contributed by atoms with E-state index < -0.39 is 15.9 Å². The standard InChI is InChI=1S/C24H30N4O5S/c1-3-26-10-12-27(13-11-26)34(31,32)22-9-4-6-19(15-22)25-24(30)18-14-23(29)28(17-18)20-7-5-8-21(16-20)33-2/h4-9,15-16,18H,3,10-14,17H2,1-2H3,(H,25,30)/t18-/m1/s1. The molecule has 1 N–H and O–H groups in total. The summed E-state index contributed by atoms with van der Waals surface area (Å²) in [6.07, 6.45) is 0.0861. The molecule has 10 heteroatoms. The van der Waals surface area contributed by atoms with Crippen LogP contribution < -0.4 is 15.0 Å². The molecule has 2 aliphatic heterocycles. The molecule has 2 amide bonds. The number of nitrogens with zero attached hydrogens (tertiary/aromatic N) is 3. The third kappa shape index (κ3) is 5.08. The summed E-state index contributed by atoms with van der Waals surface area (Å²) in [5.41, 5.74) is 1.07. The summed E-state index contributed by atoms with van der Waals surface area (Å²) in [4.78, 5) is 29.4. The highest BCUT2D eigenvalue weighted by Crippen LogP contribution is 2.29. The highest BCUT2D eigenvalue weighted by Gasteiger charge is 2.35. The number of ether oxygens (including phenoxy) is 1. The maximum atomic E-state index is 13.1. The first-order valence-electron chi connectivity index (χ1n) is 11.4. The molecule has 0 unspecified atom stereocenters. The van der Waals surface area contributed by atoms with Crippen LogP contribution in [0.1, 0.15) is 13.3 Å². The normalized spacial score (nSPS) is 19.9. The van der Waals surface area contributed by atoms with E-state index in [2.05, 4.69) is 17.1 Å². The Labute approximate surface area is 200 Å². The van der Waals surface area contributed by atoms with Crippen LogP contribution in [0.25, 0.3) is 0 Å². The average Bonchev–Trinajstić information content (AvgIpc) is 3.26. The van der Waals surface area contributed by atoms with Crippen LogP contribution in [0.15, 0.2) is 53.4 Å². The lowest BCUT2D eigenvalue weighted by Crippen LogP contribution is -2.48. The van der Waals surface area contributed by atoms with Gasteiger partial charge in [0.05, 0.1) is 17.9 Å². The molecule has 9 nitrogen and oxygen atoms in total. The number of sulfonamides is 1. The molecule has 1 atom stereocenters. The topological polar surface area (TPSA) is 99.3 Å². The fourth-order valence-corrected chi connectivity index (χ4v) is 5.79. The number of rotatable bonds is 7. The molecule has 0 spiro atoms. The number of anilines is 2. The maximum absolute atomic E-state index is 13.1. The summed E-state index contributed by atoms with van der Waals surface area (Å²) in [6.45, 7) is 5.49. The van der Waals surface area contributed by atoms with Gasteiger partial charge in [0.1, 0.15) is 5.75 Å². The lowest BCUT2D eigenvalue weighted by Gasteiger charge is -2.33. The number of hydrogen-bond acceptors (Lipinski definition) is 6. The third-order valence-corrected chi connectivity index (χ3v) is 8.27. The van der Waals surface area contributed by atoms with Crippen LogP contribution in [0.3, 0.4) is 0 Å². The van der Waals surface area contributed by atoms with Gasteiger partial charge in [-0.2, -0.15) is 4.31 Å². The summed E-state index contributed by atoms with van der Waals surface area (Å²) in [6, 6.07) is 13.4. The van der Waals surface area contributed by atoms with Gasteiger partial charge in [0.15, 0.2) is 0 Å². The van der Waals surface area contributed by atoms with Crippen LogP contribution in [0.5, 0.6) is 5.75 Å². The number of carbonyl (C=O) groups excluding carboxylic acids is 2. The second-order valence-electron chi connectivity index (χ2n) is 8.46. The second-order valence-corrected chi connectivity index (χ2v) is 10.4. The van der Waals surface area contributed by atoms with Crippen LogP contribution in [-0.2, 0) is 19.6 Å². The van der Waals surface area contributed by atoms with E-state index in [9.17, 15) is 18.0 Å². The molecule has 2 aromatic carbocycles. The highest BCUT2D eigenvalue weighted by molar-refractivity contribution is 7.89.